The zero-order valence-corrected chi connectivity index (χ0v) is 27.5. The second-order valence-corrected chi connectivity index (χ2v) is 12.5. The minimum absolute atomic E-state index is 0.963. The normalized spacial score (nSPS) is 11.5. The molecule has 4 nitrogen and oxygen atoms in total. The maximum atomic E-state index is 5.27. The largest absolute Gasteiger partial charge is 0.310 e. The van der Waals surface area contributed by atoms with E-state index in [4.69, 9.17) is 4.98 Å². The number of nitrogens with zero attached hydrogens (tertiary/aromatic N) is 4. The van der Waals surface area contributed by atoms with Gasteiger partial charge in [0.05, 0.1) is 27.9 Å². The van der Waals surface area contributed by atoms with Crippen molar-refractivity contribution >= 4 is 72.5 Å². The van der Waals surface area contributed by atoms with Crippen molar-refractivity contribution in [2.24, 2.45) is 0 Å². The fourth-order valence-corrected chi connectivity index (χ4v) is 7.59. The van der Waals surface area contributed by atoms with Gasteiger partial charge in [0.15, 0.2) is 0 Å². The first-order valence-corrected chi connectivity index (χ1v) is 16.8. The molecule has 0 fully saturated rings. The second-order valence-electron chi connectivity index (χ2n) is 12.5. The summed E-state index contributed by atoms with van der Waals surface area (Å²) < 4.78 is 2.40. The molecule has 0 saturated carbocycles. The molecule has 234 valence electrons. The summed E-state index contributed by atoms with van der Waals surface area (Å²) in [6.45, 7) is 4.57. The Labute approximate surface area is 285 Å². The summed E-state index contributed by atoms with van der Waals surface area (Å²) in [5.74, 6) is 0. The first kappa shape index (κ1) is 28.8. The van der Waals surface area contributed by atoms with Crippen molar-refractivity contribution in [3.8, 4) is 0 Å². The summed E-state index contributed by atoms with van der Waals surface area (Å²) >= 11 is 0. The molecule has 0 aliphatic rings. The molecule has 0 saturated heterocycles. The van der Waals surface area contributed by atoms with E-state index in [1.54, 1.807) is 0 Å². The Morgan fingerprint density at radius 1 is 0.429 bits per heavy atom. The molecule has 0 amide bonds. The van der Waals surface area contributed by atoms with E-state index in [0.717, 1.165) is 61.7 Å². The molecule has 49 heavy (non-hydrogen) atoms. The van der Waals surface area contributed by atoms with Crippen LogP contribution in [-0.4, -0.2) is 9.38 Å². The van der Waals surface area contributed by atoms with E-state index in [1.165, 1.54) is 21.9 Å². The number of hydrogen-bond acceptors (Lipinski definition) is 3. The summed E-state index contributed by atoms with van der Waals surface area (Å²) in [5.41, 5.74) is 13.2. The lowest BCUT2D eigenvalue weighted by Gasteiger charge is -2.35. The van der Waals surface area contributed by atoms with Crippen molar-refractivity contribution in [1.82, 2.24) is 9.38 Å². The van der Waals surface area contributed by atoms with Gasteiger partial charge in [0.2, 0.25) is 0 Å². The molecular formula is C45H34N4. The van der Waals surface area contributed by atoms with Crippen LogP contribution in [0.3, 0.4) is 0 Å². The Bertz CT molecular complexity index is 2530. The van der Waals surface area contributed by atoms with E-state index in [0.29, 0.717) is 0 Å². The third-order valence-corrected chi connectivity index (χ3v) is 9.62. The van der Waals surface area contributed by atoms with Crippen molar-refractivity contribution in [3.63, 3.8) is 0 Å². The average Bonchev–Trinajstić information content (AvgIpc) is 3.56. The van der Waals surface area contributed by atoms with Crippen LogP contribution in [0.1, 0.15) is 11.1 Å². The Morgan fingerprint density at radius 2 is 0.857 bits per heavy atom. The Balaban J connectivity index is 1.56. The monoisotopic (exact) mass is 630 g/mol. The maximum absolute atomic E-state index is 5.27. The Hall–Kier alpha value is -6.39. The lowest BCUT2D eigenvalue weighted by molar-refractivity contribution is 1.19. The number of fused-ring (bicyclic) bond motifs is 8. The molecule has 0 N–H and O–H groups in total. The van der Waals surface area contributed by atoms with Gasteiger partial charge in [0, 0.05) is 33.5 Å². The zero-order chi connectivity index (χ0) is 32.9. The predicted octanol–water partition coefficient (Wildman–Crippen LogP) is 12.4. The van der Waals surface area contributed by atoms with E-state index >= 15 is 0 Å². The number of para-hydroxylation sites is 6. The number of imidazole rings is 1. The molecular weight excluding hydrogens is 597 g/mol. The number of pyridine rings is 1. The number of anilines is 6. The van der Waals surface area contributed by atoms with Gasteiger partial charge in [-0.2, -0.15) is 0 Å². The van der Waals surface area contributed by atoms with Crippen LogP contribution in [0.5, 0.6) is 0 Å². The van der Waals surface area contributed by atoms with Crippen LogP contribution >= 0.6 is 0 Å². The minimum Gasteiger partial charge on any atom is -0.310 e. The first-order valence-electron chi connectivity index (χ1n) is 16.8. The van der Waals surface area contributed by atoms with Gasteiger partial charge in [-0.3, -0.25) is 4.40 Å². The topological polar surface area (TPSA) is 23.8 Å². The summed E-state index contributed by atoms with van der Waals surface area (Å²) in [4.78, 5) is 10.1. The molecule has 0 atom stereocenters. The van der Waals surface area contributed by atoms with Gasteiger partial charge in [-0.15, -0.1) is 0 Å². The van der Waals surface area contributed by atoms with E-state index in [1.807, 2.05) is 0 Å². The van der Waals surface area contributed by atoms with Gasteiger partial charge in [-0.1, -0.05) is 109 Å². The van der Waals surface area contributed by atoms with E-state index in [9.17, 15) is 0 Å². The molecule has 4 heteroatoms. The highest BCUT2D eigenvalue weighted by molar-refractivity contribution is 6.22. The summed E-state index contributed by atoms with van der Waals surface area (Å²) in [6, 6.07) is 60.2. The van der Waals surface area contributed by atoms with Crippen LogP contribution in [0.15, 0.2) is 170 Å². The smallest absolute Gasteiger partial charge is 0.146 e. The summed E-state index contributed by atoms with van der Waals surface area (Å²) in [7, 11) is 0. The van der Waals surface area contributed by atoms with Crippen molar-refractivity contribution in [3.05, 3.63) is 181 Å². The third kappa shape index (κ3) is 4.56. The van der Waals surface area contributed by atoms with Crippen LogP contribution < -0.4 is 9.80 Å². The number of aromatic nitrogens is 2. The molecule has 0 aliphatic carbocycles. The molecule has 0 bridgehead atoms. The van der Waals surface area contributed by atoms with Crippen LogP contribution in [-0.2, 0) is 0 Å². The fourth-order valence-electron chi connectivity index (χ4n) is 7.59. The molecule has 0 spiro atoms. The van der Waals surface area contributed by atoms with Gasteiger partial charge in [-0.05, 0) is 91.0 Å². The number of aryl methyl sites for hydroxylation is 1. The van der Waals surface area contributed by atoms with Crippen LogP contribution in [0, 0.1) is 13.8 Å². The van der Waals surface area contributed by atoms with E-state index in [-0.39, 0.29) is 0 Å². The molecule has 0 unspecified atom stereocenters. The van der Waals surface area contributed by atoms with Crippen molar-refractivity contribution in [1.29, 1.82) is 0 Å². The Kier molecular flexibility index (Phi) is 6.87. The predicted molar refractivity (Wildman–Crippen MR) is 207 cm³/mol. The van der Waals surface area contributed by atoms with Gasteiger partial charge < -0.3 is 9.80 Å². The molecule has 9 aromatic rings. The lowest BCUT2D eigenvalue weighted by Crippen LogP contribution is -2.18. The Morgan fingerprint density at radius 3 is 1.39 bits per heavy atom. The summed E-state index contributed by atoms with van der Waals surface area (Å²) in [5, 5.41) is 3.50. The average molecular weight is 631 g/mol. The van der Waals surface area contributed by atoms with Crippen molar-refractivity contribution in [2.75, 3.05) is 9.80 Å². The summed E-state index contributed by atoms with van der Waals surface area (Å²) in [6.07, 6.45) is 0. The number of benzene rings is 7. The van der Waals surface area contributed by atoms with Crippen LogP contribution in [0.4, 0.5) is 34.1 Å². The highest BCUT2D eigenvalue weighted by Crippen LogP contribution is 2.51. The number of hydrogen-bond donors (Lipinski definition) is 0. The van der Waals surface area contributed by atoms with Gasteiger partial charge in [-0.25, -0.2) is 4.98 Å². The van der Waals surface area contributed by atoms with E-state index < -0.39 is 0 Å². The van der Waals surface area contributed by atoms with Crippen molar-refractivity contribution in [2.45, 2.75) is 13.8 Å². The van der Waals surface area contributed by atoms with Gasteiger partial charge in [0.25, 0.3) is 0 Å². The molecule has 9 rings (SSSR count). The first-order chi connectivity index (χ1) is 24.2. The molecule has 2 aromatic heterocycles. The highest BCUT2D eigenvalue weighted by Gasteiger charge is 2.29. The van der Waals surface area contributed by atoms with Gasteiger partial charge in [0.1, 0.15) is 5.65 Å². The van der Waals surface area contributed by atoms with E-state index in [2.05, 4.69) is 198 Å². The lowest BCUT2D eigenvalue weighted by atomic mass is 9.93. The van der Waals surface area contributed by atoms with Crippen LogP contribution in [0.2, 0.25) is 0 Å². The molecule has 0 aliphatic heterocycles. The van der Waals surface area contributed by atoms with Crippen molar-refractivity contribution < 1.29 is 0 Å². The van der Waals surface area contributed by atoms with Gasteiger partial charge >= 0.3 is 0 Å². The SMILES string of the molecule is Cc1c(N(c2ccccc2)c2ccccc2)c(C)c2c(c1N(c1ccccc1)c1ccccc1)c1ccccc1c1nc3ccccc3n12. The standard InChI is InChI=1S/C45H34N4/c1-31-42(47(33-19-7-3-8-20-33)34-21-9-4-10-22-34)32(2)44-41(43(31)48(35-23-11-5-12-24-35)36-25-13-6-14-26-36)37-27-15-16-28-38(37)45-46-39-29-17-18-30-40(39)49(44)45/h3-30H,1-2H3. The molecule has 7 aromatic carbocycles. The zero-order valence-electron chi connectivity index (χ0n) is 27.5. The minimum atomic E-state index is 0.963. The molecule has 0 radical (unpaired) electrons. The molecule has 2 heterocycles. The second kappa shape index (κ2) is 11.7. The maximum Gasteiger partial charge on any atom is 0.146 e. The fraction of sp³-hybridized carbons (Fsp3) is 0.0444. The third-order valence-electron chi connectivity index (χ3n) is 9.62. The highest BCUT2D eigenvalue weighted by atomic mass is 15.2. The quantitative estimate of drug-likeness (QED) is 0.171. The number of rotatable bonds is 6. The van der Waals surface area contributed by atoms with Crippen LogP contribution in [0.25, 0.3) is 38.4 Å².